The van der Waals surface area contributed by atoms with E-state index in [1.54, 1.807) is 0 Å². The highest BCUT2D eigenvalue weighted by Crippen LogP contribution is 2.26. The number of aromatic nitrogens is 1. The third-order valence-corrected chi connectivity index (χ3v) is 4.39. The van der Waals surface area contributed by atoms with Gasteiger partial charge in [-0.25, -0.2) is 4.98 Å². The zero-order valence-corrected chi connectivity index (χ0v) is 15.1. The van der Waals surface area contributed by atoms with Gasteiger partial charge in [-0.1, -0.05) is 59.6 Å². The number of hydrogen-bond donors (Lipinski definition) is 1. The van der Waals surface area contributed by atoms with Crippen molar-refractivity contribution in [3.63, 3.8) is 0 Å². The summed E-state index contributed by atoms with van der Waals surface area (Å²) in [6, 6.07) is 17.6. The van der Waals surface area contributed by atoms with Crippen molar-refractivity contribution in [1.29, 1.82) is 0 Å². The average molecular weight is 383 g/mol. The summed E-state index contributed by atoms with van der Waals surface area (Å²) in [5.74, 6) is -0.0432. The van der Waals surface area contributed by atoms with E-state index in [9.17, 15) is 4.79 Å². The van der Waals surface area contributed by atoms with Crippen LogP contribution < -0.4 is 5.32 Å². The molecule has 3 rings (SSSR count). The Balaban J connectivity index is 2.08. The lowest BCUT2D eigenvalue weighted by atomic mass is 10.0. The molecule has 2 aromatic carbocycles. The molecule has 24 heavy (non-hydrogen) atoms. The Kier molecular flexibility index (Phi) is 5.26. The van der Waals surface area contributed by atoms with Crippen LogP contribution in [0.1, 0.15) is 30.1 Å². The third-order valence-electron chi connectivity index (χ3n) is 3.90. The van der Waals surface area contributed by atoms with Crippen LogP contribution in [0.25, 0.3) is 22.2 Å². The minimum absolute atomic E-state index is 0.0432. The van der Waals surface area contributed by atoms with Gasteiger partial charge >= 0.3 is 0 Å². The summed E-state index contributed by atoms with van der Waals surface area (Å²) in [5, 5.41) is 3.89. The van der Waals surface area contributed by atoms with Gasteiger partial charge in [-0.3, -0.25) is 4.79 Å². The number of hydrogen-bond acceptors (Lipinski definition) is 2. The molecule has 0 bridgehead atoms. The summed E-state index contributed by atoms with van der Waals surface area (Å²) in [7, 11) is 0. The Morgan fingerprint density at radius 2 is 1.96 bits per heavy atom. The fraction of sp³-hybridized carbons (Fsp3) is 0.200. The average Bonchev–Trinajstić information content (AvgIpc) is 2.61. The number of rotatable bonds is 5. The zero-order valence-electron chi connectivity index (χ0n) is 13.6. The number of amides is 1. The maximum Gasteiger partial charge on any atom is 0.252 e. The van der Waals surface area contributed by atoms with Gasteiger partial charge in [0.05, 0.1) is 16.8 Å². The highest BCUT2D eigenvalue weighted by Gasteiger charge is 2.13. The number of fused-ring (bicyclic) bond motifs is 1. The standard InChI is InChI=1S/C20H19BrN2O/c1-2-3-11-22-20(24)17-13-19(14-7-6-8-15(21)12-14)23-18-10-5-4-9-16(17)18/h4-10,12-13H,2-3,11H2,1H3,(H,22,24). The molecule has 0 radical (unpaired) electrons. The van der Waals surface area contributed by atoms with Crippen LogP contribution in [0.2, 0.25) is 0 Å². The van der Waals surface area contributed by atoms with Crippen LogP contribution in [0.15, 0.2) is 59.1 Å². The number of benzene rings is 2. The predicted molar refractivity (Wildman–Crippen MR) is 102 cm³/mol. The van der Waals surface area contributed by atoms with Crippen LogP contribution in [0, 0.1) is 0 Å². The van der Waals surface area contributed by atoms with Crippen molar-refractivity contribution in [2.75, 3.05) is 6.54 Å². The fourth-order valence-corrected chi connectivity index (χ4v) is 3.03. The molecule has 0 aliphatic carbocycles. The molecule has 0 atom stereocenters. The van der Waals surface area contributed by atoms with E-state index in [0.29, 0.717) is 12.1 Å². The van der Waals surface area contributed by atoms with E-state index in [1.165, 1.54) is 0 Å². The Labute approximate surface area is 150 Å². The van der Waals surface area contributed by atoms with E-state index >= 15 is 0 Å². The lowest BCUT2D eigenvalue weighted by Gasteiger charge is -2.10. The molecule has 1 amide bonds. The first-order valence-electron chi connectivity index (χ1n) is 8.13. The van der Waals surface area contributed by atoms with Crippen molar-refractivity contribution in [2.24, 2.45) is 0 Å². The van der Waals surface area contributed by atoms with Crippen molar-refractivity contribution in [3.05, 3.63) is 64.6 Å². The van der Waals surface area contributed by atoms with Gasteiger partial charge < -0.3 is 5.32 Å². The number of para-hydroxylation sites is 1. The van der Waals surface area contributed by atoms with Gasteiger partial charge in [0.1, 0.15) is 0 Å². The van der Waals surface area contributed by atoms with Crippen LogP contribution in [-0.2, 0) is 0 Å². The molecule has 0 aliphatic heterocycles. The van der Waals surface area contributed by atoms with Gasteiger partial charge in [-0.15, -0.1) is 0 Å². The molecule has 3 aromatic rings. The summed E-state index contributed by atoms with van der Waals surface area (Å²) in [6.07, 6.45) is 2.04. The van der Waals surface area contributed by atoms with E-state index in [1.807, 2.05) is 54.6 Å². The lowest BCUT2D eigenvalue weighted by molar-refractivity contribution is 0.0955. The second-order valence-corrected chi connectivity index (χ2v) is 6.61. The topological polar surface area (TPSA) is 42.0 Å². The van der Waals surface area contributed by atoms with Crippen molar-refractivity contribution >= 4 is 32.7 Å². The van der Waals surface area contributed by atoms with Gasteiger partial charge in [0.15, 0.2) is 0 Å². The van der Waals surface area contributed by atoms with Crippen molar-refractivity contribution < 1.29 is 4.79 Å². The van der Waals surface area contributed by atoms with E-state index in [2.05, 4.69) is 28.2 Å². The molecule has 1 heterocycles. The van der Waals surface area contributed by atoms with Crippen LogP contribution in [0.3, 0.4) is 0 Å². The molecule has 0 aliphatic rings. The van der Waals surface area contributed by atoms with Crippen LogP contribution in [-0.4, -0.2) is 17.4 Å². The maximum atomic E-state index is 12.6. The summed E-state index contributed by atoms with van der Waals surface area (Å²) in [6.45, 7) is 2.80. The molecule has 0 saturated heterocycles. The van der Waals surface area contributed by atoms with Crippen LogP contribution >= 0.6 is 15.9 Å². The molecular weight excluding hydrogens is 364 g/mol. The van der Waals surface area contributed by atoms with Crippen LogP contribution in [0.4, 0.5) is 0 Å². The molecule has 4 heteroatoms. The summed E-state index contributed by atoms with van der Waals surface area (Å²) in [5.41, 5.74) is 3.29. The highest BCUT2D eigenvalue weighted by molar-refractivity contribution is 9.10. The molecule has 122 valence electrons. The molecule has 3 nitrogen and oxygen atoms in total. The highest BCUT2D eigenvalue weighted by atomic mass is 79.9. The van der Waals surface area contributed by atoms with E-state index in [-0.39, 0.29) is 5.91 Å². The van der Waals surface area contributed by atoms with Gasteiger partial charge in [-0.2, -0.15) is 0 Å². The van der Waals surface area contributed by atoms with Gasteiger partial charge in [-0.05, 0) is 30.7 Å². The fourth-order valence-electron chi connectivity index (χ4n) is 2.63. The number of carbonyl (C=O) groups is 1. The zero-order chi connectivity index (χ0) is 16.9. The second-order valence-electron chi connectivity index (χ2n) is 5.69. The first-order valence-corrected chi connectivity index (χ1v) is 8.92. The van der Waals surface area contributed by atoms with E-state index in [4.69, 9.17) is 4.98 Å². The smallest absolute Gasteiger partial charge is 0.252 e. The molecule has 0 unspecified atom stereocenters. The molecule has 0 fully saturated rings. The Morgan fingerprint density at radius 1 is 1.12 bits per heavy atom. The quantitative estimate of drug-likeness (QED) is 0.616. The summed E-state index contributed by atoms with van der Waals surface area (Å²) >= 11 is 3.49. The molecular formula is C20H19BrN2O. The summed E-state index contributed by atoms with van der Waals surface area (Å²) < 4.78 is 0.990. The van der Waals surface area contributed by atoms with Crippen molar-refractivity contribution in [2.45, 2.75) is 19.8 Å². The Hall–Kier alpha value is -2.20. The Morgan fingerprint density at radius 3 is 2.75 bits per heavy atom. The molecule has 0 saturated carbocycles. The maximum absolute atomic E-state index is 12.6. The van der Waals surface area contributed by atoms with Gasteiger partial charge in [0.25, 0.3) is 5.91 Å². The normalized spacial score (nSPS) is 10.8. The number of nitrogens with zero attached hydrogens (tertiary/aromatic N) is 1. The minimum atomic E-state index is -0.0432. The predicted octanol–water partition coefficient (Wildman–Crippen LogP) is 5.19. The number of pyridine rings is 1. The third kappa shape index (κ3) is 3.65. The summed E-state index contributed by atoms with van der Waals surface area (Å²) in [4.78, 5) is 17.4. The molecule has 0 spiro atoms. The van der Waals surface area contributed by atoms with Gasteiger partial charge in [0.2, 0.25) is 0 Å². The van der Waals surface area contributed by atoms with Crippen molar-refractivity contribution in [1.82, 2.24) is 10.3 Å². The minimum Gasteiger partial charge on any atom is -0.352 e. The monoisotopic (exact) mass is 382 g/mol. The van der Waals surface area contributed by atoms with E-state index in [0.717, 1.165) is 39.5 Å². The lowest BCUT2D eigenvalue weighted by Crippen LogP contribution is -2.24. The first kappa shape index (κ1) is 16.7. The number of nitrogens with one attached hydrogen (secondary N) is 1. The van der Waals surface area contributed by atoms with Crippen molar-refractivity contribution in [3.8, 4) is 11.3 Å². The number of unbranched alkanes of at least 4 members (excludes halogenated alkanes) is 1. The second kappa shape index (κ2) is 7.58. The number of carbonyl (C=O) groups excluding carboxylic acids is 1. The van der Waals surface area contributed by atoms with Crippen LogP contribution in [0.5, 0.6) is 0 Å². The first-order chi connectivity index (χ1) is 11.7. The Bertz CT molecular complexity index is 876. The SMILES string of the molecule is CCCCNC(=O)c1cc(-c2cccc(Br)c2)nc2ccccc12. The van der Waals surface area contributed by atoms with E-state index < -0.39 is 0 Å². The number of halogens is 1. The molecule has 1 N–H and O–H groups in total. The van der Waals surface area contributed by atoms with Gasteiger partial charge in [0, 0.05) is 22.0 Å². The largest absolute Gasteiger partial charge is 0.352 e. The molecule has 1 aromatic heterocycles.